The number of carbonyl (C=O) groups is 1. The summed E-state index contributed by atoms with van der Waals surface area (Å²) in [6.07, 6.45) is 2.59. The number of aryl methyl sites for hydroxylation is 1. The number of nitrogens with one attached hydrogen (secondary N) is 1. The molecule has 0 saturated carbocycles. The van der Waals surface area contributed by atoms with Gasteiger partial charge in [0.2, 0.25) is 5.91 Å². The molecule has 2 aromatic rings. The SMILES string of the molecule is COc1cccc(C[C@@H](C(=O)NC[C@@H]2CCCO2)n2nnnc2C)c1. The Morgan fingerprint density at radius 2 is 2.40 bits per heavy atom. The van der Waals surface area contributed by atoms with Crippen molar-refractivity contribution in [2.24, 2.45) is 0 Å². The Hall–Kier alpha value is -2.48. The fourth-order valence-corrected chi connectivity index (χ4v) is 2.98. The molecule has 2 atom stereocenters. The molecule has 8 heteroatoms. The number of ether oxygens (including phenoxy) is 2. The van der Waals surface area contributed by atoms with Gasteiger partial charge in [-0.3, -0.25) is 4.79 Å². The van der Waals surface area contributed by atoms with Gasteiger partial charge in [-0.15, -0.1) is 5.10 Å². The summed E-state index contributed by atoms with van der Waals surface area (Å²) in [6.45, 7) is 3.06. The van der Waals surface area contributed by atoms with Gasteiger partial charge in [0.15, 0.2) is 0 Å². The smallest absolute Gasteiger partial charge is 0.245 e. The first-order valence-corrected chi connectivity index (χ1v) is 8.44. The van der Waals surface area contributed by atoms with Crippen molar-refractivity contribution in [1.82, 2.24) is 25.5 Å². The fraction of sp³-hybridized carbons (Fsp3) is 0.529. The molecule has 134 valence electrons. The molecule has 1 amide bonds. The minimum absolute atomic E-state index is 0.0939. The Morgan fingerprint density at radius 3 is 3.08 bits per heavy atom. The van der Waals surface area contributed by atoms with Crippen LogP contribution in [-0.4, -0.2) is 52.5 Å². The van der Waals surface area contributed by atoms with Crippen molar-refractivity contribution in [3.63, 3.8) is 0 Å². The lowest BCUT2D eigenvalue weighted by Crippen LogP contribution is -2.38. The summed E-state index contributed by atoms with van der Waals surface area (Å²) in [4.78, 5) is 12.8. The normalized spacial score (nSPS) is 18.1. The maximum atomic E-state index is 12.8. The van der Waals surface area contributed by atoms with Crippen molar-refractivity contribution in [3.8, 4) is 5.75 Å². The van der Waals surface area contributed by atoms with Crippen LogP contribution in [-0.2, 0) is 16.0 Å². The Labute approximate surface area is 146 Å². The van der Waals surface area contributed by atoms with Crippen LogP contribution in [0.2, 0.25) is 0 Å². The van der Waals surface area contributed by atoms with E-state index in [2.05, 4.69) is 20.8 Å². The van der Waals surface area contributed by atoms with Gasteiger partial charge in [-0.25, -0.2) is 4.68 Å². The molecule has 1 aromatic heterocycles. The standard InChI is InChI=1S/C17H23N5O3/c1-12-19-20-21-22(12)16(10-13-5-3-6-14(9-13)24-2)17(23)18-11-15-7-4-8-25-15/h3,5-6,9,15-16H,4,7-8,10-11H2,1-2H3,(H,18,23)/t15-,16-/m0/s1. The molecule has 1 saturated heterocycles. The van der Waals surface area contributed by atoms with Crippen molar-refractivity contribution in [3.05, 3.63) is 35.7 Å². The number of methoxy groups -OCH3 is 1. The van der Waals surface area contributed by atoms with Gasteiger partial charge in [0.1, 0.15) is 17.6 Å². The molecule has 1 aromatic carbocycles. The Bertz CT molecular complexity index is 712. The van der Waals surface area contributed by atoms with E-state index in [-0.39, 0.29) is 12.0 Å². The second-order valence-electron chi connectivity index (χ2n) is 6.12. The molecule has 0 unspecified atom stereocenters. The van der Waals surface area contributed by atoms with E-state index in [1.54, 1.807) is 18.7 Å². The zero-order chi connectivity index (χ0) is 17.6. The molecule has 1 aliphatic rings. The van der Waals surface area contributed by atoms with Crippen LogP contribution in [0.5, 0.6) is 5.75 Å². The van der Waals surface area contributed by atoms with Gasteiger partial charge in [-0.1, -0.05) is 12.1 Å². The molecular formula is C17H23N5O3. The van der Waals surface area contributed by atoms with E-state index in [0.717, 1.165) is 30.8 Å². The number of benzene rings is 1. The zero-order valence-corrected chi connectivity index (χ0v) is 14.5. The molecule has 0 spiro atoms. The Morgan fingerprint density at radius 1 is 1.52 bits per heavy atom. The molecule has 0 aliphatic carbocycles. The third kappa shape index (κ3) is 4.33. The number of amides is 1. The number of hydrogen-bond acceptors (Lipinski definition) is 6. The Balaban J connectivity index is 1.74. The molecule has 1 aliphatic heterocycles. The number of carbonyl (C=O) groups excluding carboxylic acids is 1. The second-order valence-corrected chi connectivity index (χ2v) is 6.12. The first-order valence-electron chi connectivity index (χ1n) is 8.44. The van der Waals surface area contributed by atoms with Crippen LogP contribution in [0.25, 0.3) is 0 Å². The van der Waals surface area contributed by atoms with Gasteiger partial charge in [-0.2, -0.15) is 0 Å². The van der Waals surface area contributed by atoms with Crippen molar-refractivity contribution in [1.29, 1.82) is 0 Å². The minimum Gasteiger partial charge on any atom is -0.497 e. The second kappa shape index (κ2) is 8.06. The number of rotatable bonds is 7. The maximum absolute atomic E-state index is 12.8. The highest BCUT2D eigenvalue weighted by atomic mass is 16.5. The number of hydrogen-bond donors (Lipinski definition) is 1. The summed E-state index contributed by atoms with van der Waals surface area (Å²) in [5.74, 6) is 1.23. The average Bonchev–Trinajstić information content (AvgIpc) is 3.29. The Kier molecular flexibility index (Phi) is 5.60. The van der Waals surface area contributed by atoms with Gasteiger partial charge in [-0.05, 0) is 47.9 Å². The molecule has 2 heterocycles. The molecule has 0 radical (unpaired) electrons. The maximum Gasteiger partial charge on any atom is 0.245 e. The highest BCUT2D eigenvalue weighted by molar-refractivity contribution is 5.80. The molecule has 3 rings (SSSR count). The van der Waals surface area contributed by atoms with E-state index >= 15 is 0 Å². The van der Waals surface area contributed by atoms with E-state index < -0.39 is 6.04 Å². The summed E-state index contributed by atoms with van der Waals surface area (Å²) in [5, 5.41) is 14.5. The van der Waals surface area contributed by atoms with E-state index in [0.29, 0.717) is 18.8 Å². The zero-order valence-electron chi connectivity index (χ0n) is 14.5. The molecular weight excluding hydrogens is 322 g/mol. The van der Waals surface area contributed by atoms with E-state index in [9.17, 15) is 4.79 Å². The monoisotopic (exact) mass is 345 g/mol. The van der Waals surface area contributed by atoms with Gasteiger partial charge in [0, 0.05) is 19.6 Å². The third-order valence-electron chi connectivity index (χ3n) is 4.35. The van der Waals surface area contributed by atoms with Crippen molar-refractivity contribution >= 4 is 5.91 Å². The van der Waals surface area contributed by atoms with Crippen LogP contribution in [0.15, 0.2) is 24.3 Å². The lowest BCUT2D eigenvalue weighted by atomic mass is 10.0. The minimum atomic E-state index is -0.525. The largest absolute Gasteiger partial charge is 0.497 e. The first kappa shape index (κ1) is 17.3. The summed E-state index contributed by atoms with van der Waals surface area (Å²) >= 11 is 0. The van der Waals surface area contributed by atoms with Gasteiger partial charge < -0.3 is 14.8 Å². The van der Waals surface area contributed by atoms with E-state index in [1.165, 1.54) is 0 Å². The van der Waals surface area contributed by atoms with Crippen LogP contribution in [0.1, 0.15) is 30.3 Å². The topological polar surface area (TPSA) is 91.2 Å². The fourth-order valence-electron chi connectivity index (χ4n) is 2.98. The molecule has 25 heavy (non-hydrogen) atoms. The molecule has 1 N–H and O–H groups in total. The average molecular weight is 345 g/mol. The predicted molar refractivity (Wildman–Crippen MR) is 90.3 cm³/mol. The summed E-state index contributed by atoms with van der Waals surface area (Å²) in [6, 6.07) is 7.13. The van der Waals surface area contributed by atoms with Crippen molar-refractivity contribution in [2.45, 2.75) is 38.3 Å². The number of aromatic nitrogens is 4. The highest BCUT2D eigenvalue weighted by Crippen LogP contribution is 2.19. The molecule has 1 fully saturated rings. The highest BCUT2D eigenvalue weighted by Gasteiger charge is 2.25. The summed E-state index contributed by atoms with van der Waals surface area (Å²) < 4.78 is 12.4. The van der Waals surface area contributed by atoms with Crippen LogP contribution >= 0.6 is 0 Å². The van der Waals surface area contributed by atoms with E-state index in [1.807, 2.05) is 24.3 Å². The van der Waals surface area contributed by atoms with Gasteiger partial charge in [0.25, 0.3) is 0 Å². The lowest BCUT2D eigenvalue weighted by molar-refractivity contribution is -0.125. The van der Waals surface area contributed by atoms with Crippen LogP contribution in [0.3, 0.4) is 0 Å². The molecule has 0 bridgehead atoms. The summed E-state index contributed by atoms with van der Waals surface area (Å²) in [7, 11) is 1.62. The van der Waals surface area contributed by atoms with Crippen LogP contribution in [0.4, 0.5) is 0 Å². The third-order valence-corrected chi connectivity index (χ3v) is 4.35. The van der Waals surface area contributed by atoms with Crippen molar-refractivity contribution in [2.75, 3.05) is 20.3 Å². The lowest BCUT2D eigenvalue weighted by Gasteiger charge is -2.19. The van der Waals surface area contributed by atoms with Crippen LogP contribution < -0.4 is 10.1 Å². The van der Waals surface area contributed by atoms with Crippen molar-refractivity contribution < 1.29 is 14.3 Å². The van der Waals surface area contributed by atoms with Gasteiger partial charge >= 0.3 is 0 Å². The number of tetrazole rings is 1. The number of nitrogens with zero attached hydrogens (tertiary/aromatic N) is 4. The quantitative estimate of drug-likeness (QED) is 0.807. The molecule has 8 nitrogen and oxygen atoms in total. The van der Waals surface area contributed by atoms with Crippen LogP contribution in [0, 0.1) is 6.92 Å². The predicted octanol–water partition coefficient (Wildman–Crippen LogP) is 1.07. The first-order chi connectivity index (χ1) is 12.2. The summed E-state index contributed by atoms with van der Waals surface area (Å²) in [5.41, 5.74) is 0.978. The van der Waals surface area contributed by atoms with Gasteiger partial charge in [0.05, 0.1) is 13.2 Å². The van der Waals surface area contributed by atoms with E-state index in [4.69, 9.17) is 9.47 Å².